The van der Waals surface area contributed by atoms with Crippen molar-refractivity contribution in [2.24, 2.45) is 0 Å². The Morgan fingerprint density at radius 3 is 2.45 bits per heavy atom. The van der Waals surface area contributed by atoms with Crippen molar-refractivity contribution in [1.82, 2.24) is 14.9 Å². The van der Waals surface area contributed by atoms with Gasteiger partial charge in [-0.25, -0.2) is 17.9 Å². The van der Waals surface area contributed by atoms with Gasteiger partial charge >= 0.3 is 6.03 Å². The van der Waals surface area contributed by atoms with Gasteiger partial charge in [0.25, 0.3) is 0 Å². The van der Waals surface area contributed by atoms with Crippen LogP contribution in [0.2, 0.25) is 0 Å². The van der Waals surface area contributed by atoms with E-state index in [1.807, 2.05) is 13.0 Å². The Morgan fingerprint density at radius 2 is 1.77 bits per heavy atom. The predicted molar refractivity (Wildman–Crippen MR) is 125 cm³/mol. The van der Waals surface area contributed by atoms with Crippen LogP contribution in [0, 0.1) is 6.92 Å². The van der Waals surface area contributed by atoms with Gasteiger partial charge in [0.15, 0.2) is 0 Å². The van der Waals surface area contributed by atoms with Crippen molar-refractivity contribution in [3.05, 3.63) is 70.8 Å². The molecule has 0 unspecified atom stereocenters. The van der Waals surface area contributed by atoms with E-state index in [4.69, 9.17) is 0 Å². The van der Waals surface area contributed by atoms with Gasteiger partial charge in [-0.15, -0.1) is 0 Å². The zero-order valence-electron chi connectivity index (χ0n) is 18.6. The Morgan fingerprint density at radius 1 is 1.10 bits per heavy atom. The molecule has 1 aliphatic rings. The molecule has 6 nitrogen and oxygen atoms in total. The zero-order chi connectivity index (χ0) is 22.4. The van der Waals surface area contributed by atoms with Crippen LogP contribution in [0.1, 0.15) is 42.0 Å². The first-order valence-corrected chi connectivity index (χ1v) is 12.8. The standard InChI is InChI=1S/C24H33N3O3S/c1-4-25-24(28)27-13-7-12-22(26-31(3,29)30)23(27)17-21-11-6-10-20(16-21)15-19-9-5-8-18(2)14-19/h5-6,8-11,14,16,22-23,26H,4,7,12-13,15,17H2,1-3H3,(H,25,28)/t22-,23-/m1/s1. The van der Waals surface area contributed by atoms with Gasteiger partial charge in [0, 0.05) is 19.1 Å². The Bertz CT molecular complexity index is 1010. The average molecular weight is 444 g/mol. The molecule has 2 amide bonds. The minimum Gasteiger partial charge on any atom is -0.338 e. The molecule has 2 aromatic carbocycles. The predicted octanol–water partition coefficient (Wildman–Crippen LogP) is 3.24. The second-order valence-electron chi connectivity index (χ2n) is 8.42. The number of piperidine rings is 1. The van der Waals surface area contributed by atoms with E-state index in [0.717, 1.165) is 24.8 Å². The molecule has 1 aliphatic heterocycles. The minimum absolute atomic E-state index is 0.136. The number of hydrogen-bond acceptors (Lipinski definition) is 3. The zero-order valence-corrected chi connectivity index (χ0v) is 19.4. The third kappa shape index (κ3) is 6.80. The van der Waals surface area contributed by atoms with E-state index in [1.54, 1.807) is 4.90 Å². The summed E-state index contributed by atoms with van der Waals surface area (Å²) >= 11 is 0. The Labute approximate surface area is 186 Å². The highest BCUT2D eigenvalue weighted by atomic mass is 32.2. The largest absolute Gasteiger partial charge is 0.338 e. The van der Waals surface area contributed by atoms with Gasteiger partial charge in [0.1, 0.15) is 0 Å². The SMILES string of the molecule is CCNC(=O)N1CCC[C@@H](NS(C)(=O)=O)[C@H]1Cc1cccc(Cc2cccc(C)c2)c1. The van der Waals surface area contributed by atoms with Crippen molar-refractivity contribution in [2.75, 3.05) is 19.3 Å². The summed E-state index contributed by atoms with van der Waals surface area (Å²) in [6.07, 6.45) is 4.11. The van der Waals surface area contributed by atoms with Gasteiger partial charge in [0.2, 0.25) is 10.0 Å². The fourth-order valence-corrected chi connectivity index (χ4v) is 5.22. The van der Waals surface area contributed by atoms with Crippen LogP contribution < -0.4 is 10.0 Å². The quantitative estimate of drug-likeness (QED) is 0.690. The number of nitrogens with zero attached hydrogens (tertiary/aromatic N) is 1. The number of aryl methyl sites for hydroxylation is 1. The summed E-state index contributed by atoms with van der Waals surface area (Å²) in [7, 11) is -3.37. The number of benzene rings is 2. The molecule has 2 atom stereocenters. The topological polar surface area (TPSA) is 78.5 Å². The molecule has 1 fully saturated rings. The molecule has 0 saturated carbocycles. The maximum absolute atomic E-state index is 12.7. The summed E-state index contributed by atoms with van der Waals surface area (Å²) < 4.78 is 26.7. The number of carbonyl (C=O) groups is 1. The van der Waals surface area contributed by atoms with E-state index < -0.39 is 10.0 Å². The number of amides is 2. The first-order valence-electron chi connectivity index (χ1n) is 10.9. The summed E-state index contributed by atoms with van der Waals surface area (Å²) in [6, 6.07) is 16.2. The monoisotopic (exact) mass is 443 g/mol. The van der Waals surface area contributed by atoms with E-state index in [0.29, 0.717) is 19.5 Å². The lowest BCUT2D eigenvalue weighted by Crippen LogP contribution is -2.59. The molecule has 2 aromatic rings. The first-order chi connectivity index (χ1) is 14.7. The maximum atomic E-state index is 12.7. The molecule has 3 rings (SSSR count). The molecule has 0 aromatic heterocycles. The van der Waals surface area contributed by atoms with Gasteiger partial charge in [-0.2, -0.15) is 0 Å². The smallest absolute Gasteiger partial charge is 0.317 e. The molecule has 1 saturated heterocycles. The van der Waals surface area contributed by atoms with E-state index in [2.05, 4.69) is 59.4 Å². The van der Waals surface area contributed by atoms with Crippen LogP contribution in [-0.4, -0.2) is 50.8 Å². The second kappa shape index (κ2) is 10.3. The van der Waals surface area contributed by atoms with Crippen LogP contribution in [0.25, 0.3) is 0 Å². The fourth-order valence-electron chi connectivity index (χ4n) is 4.39. The van der Waals surface area contributed by atoms with Gasteiger partial charge in [-0.3, -0.25) is 0 Å². The first kappa shape index (κ1) is 23.3. The van der Waals surface area contributed by atoms with Gasteiger partial charge in [-0.05, 0) is 56.2 Å². The lowest BCUT2D eigenvalue weighted by Gasteiger charge is -2.41. The van der Waals surface area contributed by atoms with Crippen molar-refractivity contribution >= 4 is 16.1 Å². The number of hydrogen-bond donors (Lipinski definition) is 2. The Hall–Kier alpha value is -2.38. The molecule has 1 heterocycles. The summed E-state index contributed by atoms with van der Waals surface area (Å²) in [5.74, 6) is 0. The van der Waals surface area contributed by atoms with E-state index in [1.165, 1.54) is 22.9 Å². The van der Waals surface area contributed by atoms with Crippen LogP contribution in [0.4, 0.5) is 4.79 Å². The lowest BCUT2D eigenvalue weighted by atomic mass is 9.90. The van der Waals surface area contributed by atoms with Crippen LogP contribution >= 0.6 is 0 Å². The van der Waals surface area contributed by atoms with E-state index >= 15 is 0 Å². The van der Waals surface area contributed by atoms with Gasteiger partial charge < -0.3 is 10.2 Å². The highest BCUT2D eigenvalue weighted by molar-refractivity contribution is 7.88. The molecule has 168 valence electrons. The van der Waals surface area contributed by atoms with Crippen LogP contribution in [0.15, 0.2) is 48.5 Å². The summed E-state index contributed by atoms with van der Waals surface area (Å²) in [4.78, 5) is 14.5. The number of sulfonamides is 1. The second-order valence-corrected chi connectivity index (χ2v) is 10.2. The van der Waals surface area contributed by atoms with Crippen LogP contribution in [-0.2, 0) is 22.9 Å². The molecule has 0 aliphatic carbocycles. The number of nitrogens with one attached hydrogen (secondary N) is 2. The normalized spacial score (nSPS) is 19.3. The lowest BCUT2D eigenvalue weighted by molar-refractivity contribution is 0.134. The van der Waals surface area contributed by atoms with Crippen molar-refractivity contribution in [2.45, 2.75) is 51.6 Å². The van der Waals surface area contributed by atoms with E-state index in [-0.39, 0.29) is 18.1 Å². The molecule has 0 radical (unpaired) electrons. The average Bonchev–Trinajstić information content (AvgIpc) is 2.69. The highest BCUT2D eigenvalue weighted by Gasteiger charge is 2.35. The van der Waals surface area contributed by atoms with E-state index in [9.17, 15) is 13.2 Å². The van der Waals surface area contributed by atoms with Gasteiger partial charge in [0.05, 0.1) is 12.3 Å². The summed E-state index contributed by atoms with van der Waals surface area (Å²) in [5, 5.41) is 2.87. The van der Waals surface area contributed by atoms with Crippen molar-refractivity contribution in [3.63, 3.8) is 0 Å². The third-order valence-electron chi connectivity index (χ3n) is 5.66. The molecule has 0 spiro atoms. The van der Waals surface area contributed by atoms with Gasteiger partial charge in [-0.1, -0.05) is 54.1 Å². The molecular weight excluding hydrogens is 410 g/mol. The van der Waals surface area contributed by atoms with Crippen LogP contribution in [0.5, 0.6) is 0 Å². The number of carbonyl (C=O) groups excluding carboxylic acids is 1. The van der Waals surface area contributed by atoms with Crippen LogP contribution in [0.3, 0.4) is 0 Å². The molecule has 0 bridgehead atoms. The third-order valence-corrected chi connectivity index (χ3v) is 6.39. The fraction of sp³-hybridized carbons (Fsp3) is 0.458. The molecule has 2 N–H and O–H groups in total. The van der Waals surface area contributed by atoms with Crippen molar-refractivity contribution in [1.29, 1.82) is 0 Å². The number of urea groups is 1. The molecule has 7 heteroatoms. The number of rotatable bonds is 7. The summed E-state index contributed by atoms with van der Waals surface area (Å²) in [6.45, 7) is 5.14. The summed E-state index contributed by atoms with van der Waals surface area (Å²) in [5.41, 5.74) is 4.81. The van der Waals surface area contributed by atoms with Crippen molar-refractivity contribution in [3.8, 4) is 0 Å². The molecule has 31 heavy (non-hydrogen) atoms. The maximum Gasteiger partial charge on any atom is 0.317 e. The Kier molecular flexibility index (Phi) is 7.73. The minimum atomic E-state index is -3.37. The highest BCUT2D eigenvalue weighted by Crippen LogP contribution is 2.23. The Balaban J connectivity index is 1.83. The number of likely N-dealkylation sites (tertiary alicyclic amines) is 1. The molecular formula is C24H33N3O3S. The van der Waals surface area contributed by atoms with Crippen molar-refractivity contribution < 1.29 is 13.2 Å².